The zero-order chi connectivity index (χ0) is 11.5. The van der Waals surface area contributed by atoms with Crippen LogP contribution in [0.2, 0.25) is 0 Å². The Hall–Kier alpha value is -1.84. The molecule has 0 unspecified atom stereocenters. The van der Waals surface area contributed by atoms with E-state index in [0.29, 0.717) is 5.69 Å². The highest BCUT2D eigenvalue weighted by molar-refractivity contribution is 5.48. The predicted octanol–water partition coefficient (Wildman–Crippen LogP) is 2.55. The molecule has 2 N–H and O–H groups in total. The molecular formula is C12H14FN3. The van der Waals surface area contributed by atoms with Gasteiger partial charge in [0.15, 0.2) is 0 Å². The number of aryl methyl sites for hydroxylation is 1. The summed E-state index contributed by atoms with van der Waals surface area (Å²) in [5.74, 6) is 0.596. The molecule has 0 saturated heterocycles. The molecule has 0 radical (unpaired) electrons. The average Bonchev–Trinajstić information content (AvgIpc) is 2.65. The molecule has 0 bridgehead atoms. The molecule has 0 spiro atoms. The minimum Gasteiger partial charge on any atom is -0.399 e. The van der Waals surface area contributed by atoms with Crippen molar-refractivity contribution in [3.05, 3.63) is 42.2 Å². The number of imidazole rings is 1. The fourth-order valence-electron chi connectivity index (χ4n) is 1.71. The van der Waals surface area contributed by atoms with Crippen LogP contribution < -0.4 is 5.73 Å². The molecule has 16 heavy (non-hydrogen) atoms. The van der Waals surface area contributed by atoms with Crippen molar-refractivity contribution in [1.82, 2.24) is 9.55 Å². The van der Waals surface area contributed by atoms with Gasteiger partial charge in [-0.05, 0) is 24.6 Å². The Morgan fingerprint density at radius 3 is 2.88 bits per heavy atom. The molecule has 2 aromatic rings. The summed E-state index contributed by atoms with van der Waals surface area (Å²) in [7, 11) is 0. The van der Waals surface area contributed by atoms with Gasteiger partial charge >= 0.3 is 0 Å². The summed E-state index contributed by atoms with van der Waals surface area (Å²) in [6.45, 7) is 2.08. The van der Waals surface area contributed by atoms with Gasteiger partial charge in [0.25, 0.3) is 0 Å². The number of anilines is 1. The molecule has 1 heterocycles. The van der Waals surface area contributed by atoms with Gasteiger partial charge in [0.2, 0.25) is 0 Å². The van der Waals surface area contributed by atoms with Gasteiger partial charge in [0, 0.05) is 24.5 Å². The lowest BCUT2D eigenvalue weighted by Crippen LogP contribution is -2.01. The number of hydrogen-bond donors (Lipinski definition) is 1. The summed E-state index contributed by atoms with van der Waals surface area (Å²) in [5.41, 5.74) is 6.76. The third-order valence-electron chi connectivity index (χ3n) is 2.37. The van der Waals surface area contributed by atoms with Gasteiger partial charge in [-0.1, -0.05) is 6.92 Å². The van der Waals surface area contributed by atoms with Gasteiger partial charge in [-0.2, -0.15) is 0 Å². The number of nitrogen functional groups attached to an aromatic ring is 1. The van der Waals surface area contributed by atoms with E-state index in [-0.39, 0.29) is 5.82 Å². The molecule has 0 saturated carbocycles. The van der Waals surface area contributed by atoms with Crippen molar-refractivity contribution in [2.45, 2.75) is 19.8 Å². The van der Waals surface area contributed by atoms with Crippen molar-refractivity contribution in [3.63, 3.8) is 0 Å². The van der Waals surface area contributed by atoms with E-state index in [1.165, 1.54) is 12.1 Å². The Labute approximate surface area is 93.7 Å². The van der Waals surface area contributed by atoms with Crippen LogP contribution in [0.5, 0.6) is 0 Å². The Morgan fingerprint density at radius 2 is 2.19 bits per heavy atom. The van der Waals surface area contributed by atoms with Crippen molar-refractivity contribution in [3.8, 4) is 5.69 Å². The Kier molecular flexibility index (Phi) is 2.90. The highest BCUT2D eigenvalue weighted by Gasteiger charge is 2.05. The number of rotatable bonds is 3. The van der Waals surface area contributed by atoms with Crippen LogP contribution in [-0.2, 0) is 6.42 Å². The normalized spacial score (nSPS) is 10.6. The minimum atomic E-state index is -0.328. The van der Waals surface area contributed by atoms with Crippen LogP contribution in [0, 0.1) is 5.82 Å². The second kappa shape index (κ2) is 4.35. The van der Waals surface area contributed by atoms with Gasteiger partial charge in [-0.15, -0.1) is 0 Å². The van der Waals surface area contributed by atoms with Crippen molar-refractivity contribution >= 4 is 5.69 Å². The monoisotopic (exact) mass is 219 g/mol. The van der Waals surface area contributed by atoms with Crippen molar-refractivity contribution in [1.29, 1.82) is 0 Å². The molecule has 2 rings (SSSR count). The van der Waals surface area contributed by atoms with Crippen LogP contribution in [-0.4, -0.2) is 9.55 Å². The number of hydrogen-bond acceptors (Lipinski definition) is 2. The summed E-state index contributed by atoms with van der Waals surface area (Å²) in [5, 5.41) is 0. The van der Waals surface area contributed by atoms with E-state index in [1.807, 2.05) is 10.8 Å². The molecule has 4 heteroatoms. The molecule has 0 fully saturated rings. The van der Waals surface area contributed by atoms with E-state index in [9.17, 15) is 4.39 Å². The summed E-state index contributed by atoms with van der Waals surface area (Å²) in [6.07, 6.45) is 5.40. The number of nitrogens with zero attached hydrogens (tertiary/aromatic N) is 2. The summed E-state index contributed by atoms with van der Waals surface area (Å²) in [6, 6.07) is 4.50. The highest BCUT2D eigenvalue weighted by Crippen LogP contribution is 2.17. The molecule has 0 atom stereocenters. The Bertz CT molecular complexity index is 471. The first-order valence-corrected chi connectivity index (χ1v) is 5.29. The van der Waals surface area contributed by atoms with Crippen LogP contribution in [0.15, 0.2) is 30.6 Å². The minimum absolute atomic E-state index is 0.328. The van der Waals surface area contributed by atoms with Crippen molar-refractivity contribution in [2.75, 3.05) is 5.73 Å². The van der Waals surface area contributed by atoms with Crippen molar-refractivity contribution in [2.24, 2.45) is 0 Å². The first-order chi connectivity index (χ1) is 7.70. The number of aromatic nitrogens is 2. The standard InChI is InChI=1S/C12H14FN3/c1-2-3-12-15-4-5-16(12)11-7-9(13)6-10(14)8-11/h4-8H,2-3,14H2,1H3. The quantitative estimate of drug-likeness (QED) is 0.806. The fourth-order valence-corrected chi connectivity index (χ4v) is 1.71. The molecule has 1 aromatic carbocycles. The maximum atomic E-state index is 13.2. The number of halogens is 1. The molecule has 0 aliphatic rings. The lowest BCUT2D eigenvalue weighted by Gasteiger charge is -2.08. The highest BCUT2D eigenvalue weighted by atomic mass is 19.1. The number of benzene rings is 1. The Balaban J connectivity index is 2.45. The van der Waals surface area contributed by atoms with E-state index in [2.05, 4.69) is 11.9 Å². The molecule has 3 nitrogen and oxygen atoms in total. The van der Waals surface area contributed by atoms with Crippen LogP contribution in [0.1, 0.15) is 19.2 Å². The Morgan fingerprint density at radius 1 is 1.38 bits per heavy atom. The largest absolute Gasteiger partial charge is 0.399 e. The van der Waals surface area contributed by atoms with Crippen molar-refractivity contribution < 1.29 is 4.39 Å². The SMILES string of the molecule is CCCc1nccn1-c1cc(N)cc(F)c1. The fraction of sp³-hybridized carbons (Fsp3) is 0.250. The van der Waals surface area contributed by atoms with E-state index in [1.54, 1.807) is 12.3 Å². The second-order valence-electron chi connectivity index (χ2n) is 3.71. The number of nitrogens with two attached hydrogens (primary N) is 1. The zero-order valence-electron chi connectivity index (χ0n) is 9.15. The predicted molar refractivity (Wildman–Crippen MR) is 61.9 cm³/mol. The molecule has 0 amide bonds. The smallest absolute Gasteiger partial charge is 0.127 e. The molecule has 84 valence electrons. The van der Waals surface area contributed by atoms with Crippen LogP contribution >= 0.6 is 0 Å². The maximum absolute atomic E-state index is 13.2. The van der Waals surface area contributed by atoms with Gasteiger partial charge in [-0.25, -0.2) is 9.37 Å². The van der Waals surface area contributed by atoms with Gasteiger partial charge < -0.3 is 10.3 Å². The summed E-state index contributed by atoms with van der Waals surface area (Å²) in [4.78, 5) is 4.24. The van der Waals surface area contributed by atoms with Crippen LogP contribution in [0.25, 0.3) is 5.69 Å². The second-order valence-corrected chi connectivity index (χ2v) is 3.71. The lowest BCUT2D eigenvalue weighted by atomic mass is 10.2. The third-order valence-corrected chi connectivity index (χ3v) is 2.37. The van der Waals surface area contributed by atoms with E-state index >= 15 is 0 Å². The summed E-state index contributed by atoms with van der Waals surface area (Å²) >= 11 is 0. The molecule has 1 aromatic heterocycles. The van der Waals surface area contributed by atoms with Gasteiger partial charge in [0.05, 0.1) is 5.69 Å². The maximum Gasteiger partial charge on any atom is 0.127 e. The third kappa shape index (κ3) is 2.05. The van der Waals surface area contributed by atoms with E-state index < -0.39 is 0 Å². The van der Waals surface area contributed by atoms with Crippen LogP contribution in [0.4, 0.5) is 10.1 Å². The van der Waals surface area contributed by atoms with E-state index in [4.69, 9.17) is 5.73 Å². The first kappa shape index (κ1) is 10.7. The van der Waals surface area contributed by atoms with Gasteiger partial charge in [0.1, 0.15) is 11.6 Å². The summed E-state index contributed by atoms with van der Waals surface area (Å²) < 4.78 is 15.1. The van der Waals surface area contributed by atoms with Gasteiger partial charge in [-0.3, -0.25) is 0 Å². The van der Waals surface area contributed by atoms with Crippen LogP contribution in [0.3, 0.4) is 0 Å². The van der Waals surface area contributed by atoms with E-state index in [0.717, 1.165) is 24.4 Å². The topological polar surface area (TPSA) is 43.8 Å². The lowest BCUT2D eigenvalue weighted by molar-refractivity contribution is 0.626. The molecule has 0 aliphatic heterocycles. The first-order valence-electron chi connectivity index (χ1n) is 5.29. The molecule has 0 aliphatic carbocycles. The zero-order valence-corrected chi connectivity index (χ0v) is 9.15. The molecular weight excluding hydrogens is 205 g/mol. The average molecular weight is 219 g/mol.